The van der Waals surface area contributed by atoms with E-state index >= 15 is 0 Å². The van der Waals surface area contributed by atoms with E-state index in [1.54, 1.807) is 18.2 Å². The summed E-state index contributed by atoms with van der Waals surface area (Å²) >= 11 is 0. The molecule has 2 aliphatic carbocycles. The molecule has 248 valence electrons. The van der Waals surface area contributed by atoms with Gasteiger partial charge in [-0.15, -0.1) is 0 Å². The zero-order chi connectivity index (χ0) is 32.9. The van der Waals surface area contributed by atoms with Gasteiger partial charge in [-0.3, -0.25) is 14.4 Å². The Morgan fingerprint density at radius 1 is 1.02 bits per heavy atom. The van der Waals surface area contributed by atoms with Crippen LogP contribution in [0.1, 0.15) is 94.7 Å². The van der Waals surface area contributed by atoms with Crippen molar-refractivity contribution >= 4 is 17.8 Å². The van der Waals surface area contributed by atoms with E-state index in [4.69, 9.17) is 14.5 Å². The van der Waals surface area contributed by atoms with Gasteiger partial charge in [0.05, 0.1) is 18.9 Å². The predicted octanol–water partition coefficient (Wildman–Crippen LogP) is 7.11. The molecule has 1 saturated heterocycles. The van der Waals surface area contributed by atoms with Crippen molar-refractivity contribution in [3.8, 4) is 22.9 Å². The predicted molar refractivity (Wildman–Crippen MR) is 179 cm³/mol. The molecule has 1 aromatic carbocycles. The lowest BCUT2D eigenvalue weighted by molar-refractivity contribution is -0.124. The zero-order valence-corrected chi connectivity index (χ0v) is 27.8. The number of hydrogen-bond donors (Lipinski definition) is 0. The number of carbonyl (C=O) groups is 2. The van der Waals surface area contributed by atoms with E-state index in [1.807, 2.05) is 46.2 Å². The summed E-state index contributed by atoms with van der Waals surface area (Å²) in [4.78, 5) is 35.1. The van der Waals surface area contributed by atoms with Crippen LogP contribution in [0.4, 0.5) is 10.6 Å². The van der Waals surface area contributed by atoms with Gasteiger partial charge in [-0.05, 0) is 119 Å². The number of benzene rings is 1. The summed E-state index contributed by atoms with van der Waals surface area (Å²) in [6.45, 7) is 6.36. The van der Waals surface area contributed by atoms with Gasteiger partial charge in [0.1, 0.15) is 23.7 Å². The van der Waals surface area contributed by atoms with Crippen molar-refractivity contribution in [3.05, 3.63) is 60.0 Å². The van der Waals surface area contributed by atoms with Crippen molar-refractivity contribution in [2.45, 2.75) is 89.7 Å². The second-order valence-electron chi connectivity index (χ2n) is 13.6. The third-order valence-corrected chi connectivity index (χ3v) is 10.3. The molecule has 3 heterocycles. The summed E-state index contributed by atoms with van der Waals surface area (Å²) < 4.78 is 13.0. The number of rotatable bonds is 9. The molecule has 6 rings (SSSR count). The van der Waals surface area contributed by atoms with Crippen LogP contribution >= 0.6 is 0 Å². The van der Waals surface area contributed by atoms with Crippen LogP contribution in [0.15, 0.2) is 48.9 Å². The first kappa shape index (κ1) is 32.5. The van der Waals surface area contributed by atoms with Crippen molar-refractivity contribution < 1.29 is 19.1 Å². The minimum absolute atomic E-state index is 0.107. The summed E-state index contributed by atoms with van der Waals surface area (Å²) in [5.74, 6) is 1.97. The number of anilines is 1. The normalized spacial score (nSPS) is 22.7. The first-order chi connectivity index (χ1) is 22.8. The average molecular weight is 639 g/mol. The van der Waals surface area contributed by atoms with Gasteiger partial charge in [-0.2, -0.15) is 10.4 Å². The van der Waals surface area contributed by atoms with E-state index in [0.29, 0.717) is 61.2 Å². The van der Waals surface area contributed by atoms with Crippen molar-refractivity contribution in [2.24, 2.45) is 11.8 Å². The van der Waals surface area contributed by atoms with Gasteiger partial charge in [0.2, 0.25) is 5.91 Å². The molecule has 10 nitrogen and oxygen atoms in total. The molecule has 0 bridgehead atoms. The highest BCUT2D eigenvalue weighted by Crippen LogP contribution is 2.39. The first-order valence-corrected chi connectivity index (χ1v) is 17.2. The van der Waals surface area contributed by atoms with Crippen LogP contribution in [0.3, 0.4) is 0 Å². The number of aromatic nitrogens is 3. The molecule has 0 unspecified atom stereocenters. The van der Waals surface area contributed by atoms with Gasteiger partial charge in [0.25, 0.3) is 0 Å². The standard InChI is InChI=1S/C37H46N6O4/c1-25(2)43-24-32(22-40-43)30-15-16-39-35(20-30)42(36(44)28-9-12-33(13-10-28)47-37(45)41-17-4-18-41)23-26-5-7-27(8-6-26)29-11-14-34(46-3)31(19-29)21-38/h11,14-16,19-20,22,24-28,33H,4-10,12-13,17-18,23H2,1-3H3. The maximum absolute atomic E-state index is 14.3. The lowest BCUT2D eigenvalue weighted by Gasteiger charge is -2.36. The number of pyridine rings is 1. The number of carbonyl (C=O) groups excluding carboxylic acids is 2. The van der Waals surface area contributed by atoms with Crippen LogP contribution in [-0.2, 0) is 9.53 Å². The van der Waals surface area contributed by atoms with E-state index in [1.165, 1.54) is 5.56 Å². The molecule has 0 radical (unpaired) electrons. The largest absolute Gasteiger partial charge is 0.495 e. The summed E-state index contributed by atoms with van der Waals surface area (Å²) in [6.07, 6.45) is 13.1. The summed E-state index contributed by atoms with van der Waals surface area (Å²) in [5, 5.41) is 14.1. The summed E-state index contributed by atoms with van der Waals surface area (Å²) in [5.41, 5.74) is 3.73. The summed E-state index contributed by atoms with van der Waals surface area (Å²) in [6, 6.07) is 12.4. The molecular weight excluding hydrogens is 592 g/mol. The number of ether oxygens (including phenoxy) is 2. The number of amides is 2. The maximum Gasteiger partial charge on any atom is 0.410 e. The van der Waals surface area contributed by atoms with Gasteiger partial charge in [0, 0.05) is 49.6 Å². The van der Waals surface area contributed by atoms with Crippen LogP contribution in [0.5, 0.6) is 5.75 Å². The third kappa shape index (κ3) is 7.45. The van der Waals surface area contributed by atoms with Crippen LogP contribution in [0, 0.1) is 23.2 Å². The molecule has 10 heteroatoms. The molecule has 0 atom stereocenters. The molecule has 3 aliphatic rings. The van der Waals surface area contributed by atoms with E-state index < -0.39 is 0 Å². The number of methoxy groups -OCH3 is 1. The van der Waals surface area contributed by atoms with E-state index in [2.05, 4.69) is 31.1 Å². The minimum atomic E-state index is -0.219. The second-order valence-corrected chi connectivity index (χ2v) is 13.6. The highest BCUT2D eigenvalue weighted by Gasteiger charge is 2.35. The van der Waals surface area contributed by atoms with Crippen molar-refractivity contribution in [1.29, 1.82) is 5.26 Å². The van der Waals surface area contributed by atoms with Crippen molar-refractivity contribution in [2.75, 3.05) is 31.6 Å². The fourth-order valence-electron chi connectivity index (χ4n) is 7.18. The molecular formula is C37H46N6O4. The average Bonchev–Trinajstić information content (AvgIpc) is 3.58. The lowest BCUT2D eigenvalue weighted by Crippen LogP contribution is -2.45. The molecule has 1 aliphatic heterocycles. The molecule has 2 amide bonds. The quantitative estimate of drug-likeness (QED) is 0.245. The Bertz CT molecular complexity index is 1590. The van der Waals surface area contributed by atoms with Gasteiger partial charge < -0.3 is 14.4 Å². The van der Waals surface area contributed by atoms with Gasteiger partial charge in [0.15, 0.2) is 0 Å². The molecule has 2 aromatic heterocycles. The molecule has 0 N–H and O–H groups in total. The minimum Gasteiger partial charge on any atom is -0.495 e. The van der Waals surface area contributed by atoms with Crippen LogP contribution in [0.2, 0.25) is 0 Å². The Morgan fingerprint density at radius 3 is 2.43 bits per heavy atom. The Hall–Kier alpha value is -4.39. The van der Waals surface area contributed by atoms with E-state index in [9.17, 15) is 14.9 Å². The van der Waals surface area contributed by atoms with Gasteiger partial charge >= 0.3 is 6.09 Å². The lowest BCUT2D eigenvalue weighted by atomic mass is 9.78. The molecule has 0 spiro atoms. The monoisotopic (exact) mass is 638 g/mol. The molecule has 3 aromatic rings. The number of nitrogens with zero attached hydrogens (tertiary/aromatic N) is 6. The highest BCUT2D eigenvalue weighted by molar-refractivity contribution is 5.94. The topological polar surface area (TPSA) is 114 Å². The molecule has 47 heavy (non-hydrogen) atoms. The maximum atomic E-state index is 14.3. The SMILES string of the molecule is COc1ccc(C2CCC(CN(C(=O)C3CCC(OC(=O)N4CCC4)CC3)c3cc(-c4cnn(C(C)C)c4)ccn3)CC2)cc1C#N. The van der Waals surface area contributed by atoms with Crippen LogP contribution in [-0.4, -0.2) is 64.5 Å². The molecule has 2 saturated carbocycles. The van der Waals surface area contributed by atoms with E-state index in [0.717, 1.165) is 56.3 Å². The van der Waals surface area contributed by atoms with Gasteiger partial charge in [-0.1, -0.05) is 6.07 Å². The number of nitriles is 1. The highest BCUT2D eigenvalue weighted by atomic mass is 16.6. The number of hydrogen-bond acceptors (Lipinski definition) is 7. The smallest absolute Gasteiger partial charge is 0.410 e. The third-order valence-electron chi connectivity index (χ3n) is 10.3. The van der Waals surface area contributed by atoms with Gasteiger partial charge in [-0.25, -0.2) is 9.78 Å². The first-order valence-electron chi connectivity index (χ1n) is 17.2. The second kappa shape index (κ2) is 14.6. The molecule has 3 fully saturated rings. The Balaban J connectivity index is 1.16. The zero-order valence-electron chi connectivity index (χ0n) is 27.8. The fraction of sp³-hybridized carbons (Fsp3) is 0.541. The van der Waals surface area contributed by atoms with Crippen LogP contribution < -0.4 is 9.64 Å². The van der Waals surface area contributed by atoms with Crippen molar-refractivity contribution in [1.82, 2.24) is 19.7 Å². The Labute approximate surface area is 277 Å². The summed E-state index contributed by atoms with van der Waals surface area (Å²) in [7, 11) is 1.59. The van der Waals surface area contributed by atoms with Crippen molar-refractivity contribution in [3.63, 3.8) is 0 Å². The Morgan fingerprint density at radius 2 is 1.79 bits per heavy atom. The number of likely N-dealkylation sites (tertiary alicyclic amines) is 1. The van der Waals surface area contributed by atoms with Crippen LogP contribution in [0.25, 0.3) is 11.1 Å². The van der Waals surface area contributed by atoms with E-state index in [-0.39, 0.29) is 30.1 Å². The Kier molecular flexibility index (Phi) is 10.1. The fourth-order valence-corrected chi connectivity index (χ4v) is 7.18.